The van der Waals surface area contributed by atoms with Gasteiger partial charge in [0.1, 0.15) is 11.2 Å². The normalized spacial score (nSPS) is 17.7. The summed E-state index contributed by atoms with van der Waals surface area (Å²) in [5, 5.41) is 4.31. The van der Waals surface area contributed by atoms with Crippen LogP contribution in [0.25, 0.3) is 44.0 Å². The lowest BCUT2D eigenvalue weighted by molar-refractivity contribution is 0.392. The lowest BCUT2D eigenvalue weighted by atomic mass is 9.81. The van der Waals surface area contributed by atoms with Crippen LogP contribution in [0.3, 0.4) is 0 Å². The number of hydrogen-bond donors (Lipinski definition) is 0. The quantitative estimate of drug-likeness (QED) is 0.229. The van der Waals surface area contributed by atoms with Gasteiger partial charge in [-0.15, -0.1) is 0 Å². The van der Waals surface area contributed by atoms with Crippen LogP contribution in [-0.4, -0.2) is 4.98 Å². The third-order valence-electron chi connectivity index (χ3n) is 8.14. The molecule has 208 valence electrons. The third kappa shape index (κ3) is 5.30. The summed E-state index contributed by atoms with van der Waals surface area (Å²) in [5.74, 6) is -0.540. The van der Waals surface area contributed by atoms with Gasteiger partial charge in [-0.05, 0) is 95.1 Å². The monoisotopic (exact) mass is 534 g/mol. The number of benzene rings is 3. The lowest BCUT2D eigenvalue weighted by Crippen LogP contribution is -2.15. The van der Waals surface area contributed by atoms with Crippen LogP contribution in [-0.2, 0) is 12.8 Å². The minimum absolute atomic E-state index is 0.00263. The zero-order valence-corrected chi connectivity index (χ0v) is 25.3. The number of furan rings is 1. The largest absolute Gasteiger partial charge is 0.455 e. The van der Waals surface area contributed by atoms with Crippen LogP contribution in [0, 0.1) is 17.8 Å². The first kappa shape index (κ1) is 23.6. The predicted octanol–water partition coefficient (Wildman–Crippen LogP) is 11.3. The third-order valence-corrected chi connectivity index (χ3v) is 8.14. The maximum atomic E-state index is 9.26. The highest BCUT2D eigenvalue weighted by molar-refractivity contribution is 6.18. The maximum absolute atomic E-state index is 9.26. The van der Waals surface area contributed by atoms with E-state index in [1.807, 2.05) is 39.1 Å². The molecule has 0 radical (unpaired) electrons. The van der Waals surface area contributed by atoms with Gasteiger partial charge in [-0.3, -0.25) is 4.98 Å². The molecular weight excluding hydrogens is 486 g/mol. The Morgan fingerprint density at radius 3 is 2.38 bits per heavy atom. The van der Waals surface area contributed by atoms with E-state index in [9.17, 15) is 4.11 Å². The van der Waals surface area contributed by atoms with Crippen molar-refractivity contribution in [2.75, 3.05) is 0 Å². The van der Waals surface area contributed by atoms with Gasteiger partial charge >= 0.3 is 0 Å². The molecule has 1 aliphatic rings. The molecule has 1 fully saturated rings. The number of rotatable bonds is 4. The molecule has 1 saturated carbocycles. The van der Waals surface area contributed by atoms with E-state index in [1.54, 1.807) is 0 Å². The Balaban J connectivity index is 1.58. The van der Waals surface area contributed by atoms with Crippen molar-refractivity contribution in [1.29, 1.82) is 0 Å². The number of pyridine rings is 1. The van der Waals surface area contributed by atoms with Crippen LogP contribution < -0.4 is 0 Å². The number of aryl methyl sites for hydroxylation is 1. The van der Waals surface area contributed by atoms with Crippen molar-refractivity contribution in [2.45, 2.75) is 99.3 Å². The van der Waals surface area contributed by atoms with Gasteiger partial charge in [0.2, 0.25) is 0 Å². The lowest BCUT2D eigenvalue weighted by Gasteiger charge is -2.24. The molecule has 0 amide bonds. The number of para-hydroxylation sites is 1. The van der Waals surface area contributed by atoms with Crippen molar-refractivity contribution in [1.82, 2.24) is 4.98 Å². The second-order valence-corrected chi connectivity index (χ2v) is 14.1. The molecule has 40 heavy (non-hydrogen) atoms. The van der Waals surface area contributed by atoms with E-state index in [1.165, 1.54) is 6.42 Å². The van der Waals surface area contributed by atoms with Crippen molar-refractivity contribution in [3.05, 3.63) is 77.0 Å². The highest BCUT2D eigenvalue weighted by Crippen LogP contribution is 2.42. The highest BCUT2D eigenvalue weighted by Gasteiger charge is 2.22. The number of aromatic nitrogens is 1. The van der Waals surface area contributed by atoms with Gasteiger partial charge in [0, 0.05) is 32.0 Å². The molecule has 0 saturated heterocycles. The van der Waals surface area contributed by atoms with Gasteiger partial charge in [-0.25, -0.2) is 0 Å². The first-order valence-electron chi connectivity index (χ1n) is 16.5. The van der Waals surface area contributed by atoms with Gasteiger partial charge in [0.15, 0.2) is 0 Å². The van der Waals surface area contributed by atoms with Crippen molar-refractivity contribution < 1.29 is 8.53 Å². The highest BCUT2D eigenvalue weighted by atomic mass is 16.3. The zero-order valence-electron chi connectivity index (χ0n) is 28.3. The van der Waals surface area contributed by atoms with E-state index in [-0.39, 0.29) is 5.41 Å². The summed E-state index contributed by atoms with van der Waals surface area (Å²) < 4.78 is 34.5. The maximum Gasteiger partial charge on any atom is 0.144 e. The minimum atomic E-state index is -1.55. The molecule has 3 aromatic carbocycles. The molecule has 2 nitrogen and oxygen atoms in total. The molecule has 0 aliphatic heterocycles. The summed E-state index contributed by atoms with van der Waals surface area (Å²) in [6.07, 6.45) is 6.30. The summed E-state index contributed by atoms with van der Waals surface area (Å²) in [7, 11) is 0. The summed E-state index contributed by atoms with van der Waals surface area (Å²) in [5.41, 5.74) is 6.52. The summed E-state index contributed by atoms with van der Waals surface area (Å²) >= 11 is 0. The SMILES string of the molecule is [2H]C1(c2ccc3cc(C)c4c5cccc(-c6cc(C([2H])([2H])C(C)(C)C)c(CC(C)(C)C)cn6)c5oc4c3c2)CCCCC1. The topological polar surface area (TPSA) is 26.0 Å². The fourth-order valence-electron chi connectivity index (χ4n) is 6.44. The van der Waals surface area contributed by atoms with Crippen molar-refractivity contribution in [3.8, 4) is 11.3 Å². The smallest absolute Gasteiger partial charge is 0.144 e. The van der Waals surface area contributed by atoms with Crippen LogP contribution in [0.4, 0.5) is 0 Å². The molecule has 0 unspecified atom stereocenters. The van der Waals surface area contributed by atoms with Gasteiger partial charge in [-0.2, -0.15) is 0 Å². The molecule has 5 aromatic rings. The van der Waals surface area contributed by atoms with E-state index in [2.05, 4.69) is 64.1 Å². The molecule has 2 aromatic heterocycles. The van der Waals surface area contributed by atoms with E-state index in [0.717, 1.165) is 92.8 Å². The van der Waals surface area contributed by atoms with Crippen LogP contribution in [0.1, 0.15) is 106 Å². The Morgan fingerprint density at radius 2 is 1.65 bits per heavy atom. The second kappa shape index (κ2) is 10.1. The van der Waals surface area contributed by atoms with Gasteiger partial charge in [-0.1, -0.05) is 91.1 Å². The van der Waals surface area contributed by atoms with Crippen molar-refractivity contribution in [2.24, 2.45) is 10.8 Å². The van der Waals surface area contributed by atoms with Gasteiger partial charge in [0.25, 0.3) is 0 Å². The first-order valence-corrected chi connectivity index (χ1v) is 15.0. The van der Waals surface area contributed by atoms with Crippen molar-refractivity contribution >= 4 is 32.7 Å². The summed E-state index contributed by atoms with van der Waals surface area (Å²) in [6.45, 7) is 14.6. The Hall–Kier alpha value is -3.13. The molecule has 0 spiro atoms. The number of hydrogen-bond acceptors (Lipinski definition) is 2. The average molecular weight is 535 g/mol. The molecule has 0 bridgehead atoms. The second-order valence-electron chi connectivity index (χ2n) is 14.1. The minimum Gasteiger partial charge on any atom is -0.455 e. The predicted molar refractivity (Wildman–Crippen MR) is 171 cm³/mol. The fourth-order valence-corrected chi connectivity index (χ4v) is 6.44. The van der Waals surface area contributed by atoms with E-state index in [4.69, 9.17) is 9.40 Å². The summed E-state index contributed by atoms with van der Waals surface area (Å²) in [6, 6.07) is 16.9. The number of fused-ring (bicyclic) bond motifs is 5. The number of nitrogens with zero attached hydrogens (tertiary/aromatic N) is 1. The Kier molecular flexibility index (Phi) is 5.92. The van der Waals surface area contributed by atoms with Gasteiger partial charge in [0.05, 0.1) is 5.69 Å². The first-order chi connectivity index (χ1) is 20.1. The molecular formula is C38H45NO. The molecule has 2 heteroatoms. The van der Waals surface area contributed by atoms with E-state index >= 15 is 0 Å². The standard InChI is InChI=1S/C38H45NO/c1-24-18-27-17-16-26(25-12-9-8-10-13-25)19-32(27)36-34(24)31-15-11-14-30(35(31)40-36)33-20-28(21-37(2,3)4)29(23-39-33)22-38(5,6)7/h11,14-20,23,25H,8-10,12-13,21-22H2,1-7H3/i21D2,25D. The van der Waals surface area contributed by atoms with E-state index in [0.29, 0.717) is 5.56 Å². The zero-order chi connectivity index (χ0) is 30.9. The Morgan fingerprint density at radius 1 is 0.875 bits per heavy atom. The van der Waals surface area contributed by atoms with Crippen molar-refractivity contribution in [3.63, 3.8) is 0 Å². The van der Waals surface area contributed by atoms with E-state index < -0.39 is 17.7 Å². The molecule has 0 N–H and O–H groups in total. The fraction of sp³-hybridized carbons (Fsp3) is 0.447. The average Bonchev–Trinajstić information content (AvgIpc) is 3.33. The van der Waals surface area contributed by atoms with Crippen LogP contribution in [0.2, 0.25) is 0 Å². The molecule has 2 heterocycles. The summed E-state index contributed by atoms with van der Waals surface area (Å²) in [4.78, 5) is 4.93. The Labute approximate surface area is 244 Å². The van der Waals surface area contributed by atoms with Crippen LogP contribution in [0.5, 0.6) is 0 Å². The van der Waals surface area contributed by atoms with Crippen LogP contribution in [0.15, 0.2) is 59.1 Å². The Bertz CT molecular complexity index is 1850. The molecule has 0 atom stereocenters. The molecule has 1 aliphatic carbocycles. The van der Waals surface area contributed by atoms with Gasteiger partial charge < -0.3 is 4.42 Å². The molecule has 6 rings (SSSR count). The van der Waals surface area contributed by atoms with Crippen LogP contribution >= 0.6 is 0 Å².